The number of carboxylic acids is 1. The average molecular weight is 302 g/mol. The highest BCUT2D eigenvalue weighted by Gasteiger charge is 2.24. The number of piperidine rings is 1. The molecule has 22 heavy (non-hydrogen) atoms. The Kier molecular flexibility index (Phi) is 4.11. The molecule has 6 nitrogen and oxygen atoms in total. The predicted molar refractivity (Wildman–Crippen MR) is 80.8 cm³/mol. The van der Waals surface area contributed by atoms with E-state index >= 15 is 0 Å². The lowest BCUT2D eigenvalue weighted by Crippen LogP contribution is -2.48. The summed E-state index contributed by atoms with van der Waals surface area (Å²) in [7, 11) is 0. The molecule has 1 amide bonds. The van der Waals surface area contributed by atoms with Gasteiger partial charge in [-0.05, 0) is 31.5 Å². The number of hydrogen-bond donors (Lipinski definition) is 2. The van der Waals surface area contributed by atoms with Crippen LogP contribution in [-0.4, -0.2) is 47.6 Å². The second-order valence-electron chi connectivity index (χ2n) is 5.59. The van der Waals surface area contributed by atoms with Gasteiger partial charge in [-0.1, -0.05) is 18.2 Å². The van der Waals surface area contributed by atoms with Gasteiger partial charge in [0, 0.05) is 18.0 Å². The Balaban J connectivity index is 1.64. The van der Waals surface area contributed by atoms with Gasteiger partial charge in [0.05, 0.1) is 6.54 Å². The van der Waals surface area contributed by atoms with E-state index in [4.69, 9.17) is 9.52 Å². The van der Waals surface area contributed by atoms with Crippen LogP contribution in [0.15, 0.2) is 34.7 Å². The van der Waals surface area contributed by atoms with Gasteiger partial charge in [0.25, 0.3) is 5.91 Å². The minimum absolute atomic E-state index is 0.0109. The lowest BCUT2D eigenvalue weighted by Gasteiger charge is -2.31. The van der Waals surface area contributed by atoms with Crippen LogP contribution >= 0.6 is 0 Å². The normalized spacial score (nSPS) is 19.2. The Morgan fingerprint density at radius 2 is 2.18 bits per heavy atom. The van der Waals surface area contributed by atoms with Gasteiger partial charge in [-0.25, -0.2) is 0 Å². The number of amides is 1. The van der Waals surface area contributed by atoms with E-state index in [-0.39, 0.29) is 24.3 Å². The average Bonchev–Trinajstić information content (AvgIpc) is 2.91. The topological polar surface area (TPSA) is 82.8 Å². The maximum absolute atomic E-state index is 12.3. The van der Waals surface area contributed by atoms with E-state index in [2.05, 4.69) is 5.32 Å². The minimum Gasteiger partial charge on any atom is -0.480 e. The first-order chi connectivity index (χ1) is 10.6. The van der Waals surface area contributed by atoms with Crippen LogP contribution in [0.5, 0.6) is 0 Å². The van der Waals surface area contributed by atoms with Crippen LogP contribution in [0.3, 0.4) is 0 Å². The number of likely N-dealkylation sites (tertiary alicyclic amines) is 1. The SMILES string of the molecule is O=C(O)CN1CCCC(NC(=O)c2cc3ccccc3o2)C1. The molecule has 3 rings (SSSR count). The van der Waals surface area contributed by atoms with Crippen molar-refractivity contribution in [1.29, 1.82) is 0 Å². The van der Waals surface area contributed by atoms with Crippen molar-refractivity contribution in [2.24, 2.45) is 0 Å². The maximum atomic E-state index is 12.3. The van der Waals surface area contributed by atoms with E-state index in [9.17, 15) is 9.59 Å². The molecule has 1 fully saturated rings. The monoisotopic (exact) mass is 302 g/mol. The van der Waals surface area contributed by atoms with Gasteiger partial charge in [0.1, 0.15) is 5.58 Å². The summed E-state index contributed by atoms with van der Waals surface area (Å²) in [5.74, 6) is -0.806. The van der Waals surface area contributed by atoms with Crippen LogP contribution in [0.2, 0.25) is 0 Å². The maximum Gasteiger partial charge on any atom is 0.317 e. The number of nitrogens with one attached hydrogen (secondary N) is 1. The molecule has 1 unspecified atom stereocenters. The third-order valence-corrected chi connectivity index (χ3v) is 3.85. The van der Waals surface area contributed by atoms with Gasteiger partial charge in [-0.15, -0.1) is 0 Å². The lowest BCUT2D eigenvalue weighted by molar-refractivity contribution is -0.138. The van der Waals surface area contributed by atoms with E-state index < -0.39 is 5.97 Å². The van der Waals surface area contributed by atoms with Crippen molar-refractivity contribution in [1.82, 2.24) is 10.2 Å². The summed E-state index contributed by atoms with van der Waals surface area (Å²) in [6.07, 6.45) is 1.72. The van der Waals surface area contributed by atoms with Gasteiger partial charge in [-0.2, -0.15) is 0 Å². The first-order valence-corrected chi connectivity index (χ1v) is 7.35. The van der Waals surface area contributed by atoms with Crippen LogP contribution in [0.4, 0.5) is 0 Å². The number of fused-ring (bicyclic) bond motifs is 1. The first kappa shape index (κ1) is 14.6. The van der Waals surface area contributed by atoms with Crippen LogP contribution in [-0.2, 0) is 4.79 Å². The van der Waals surface area contributed by atoms with E-state index in [0.29, 0.717) is 12.1 Å². The zero-order valence-electron chi connectivity index (χ0n) is 12.1. The number of furan rings is 1. The fourth-order valence-electron chi connectivity index (χ4n) is 2.86. The molecule has 0 spiro atoms. The van der Waals surface area contributed by atoms with Crippen LogP contribution in [0.1, 0.15) is 23.4 Å². The quantitative estimate of drug-likeness (QED) is 0.898. The molecule has 2 aromatic rings. The summed E-state index contributed by atoms with van der Waals surface area (Å²) < 4.78 is 5.54. The van der Waals surface area contributed by atoms with E-state index in [1.54, 1.807) is 6.07 Å². The van der Waals surface area contributed by atoms with Gasteiger partial charge >= 0.3 is 5.97 Å². The molecule has 0 saturated carbocycles. The summed E-state index contributed by atoms with van der Waals surface area (Å²) in [6.45, 7) is 1.32. The second kappa shape index (κ2) is 6.19. The summed E-state index contributed by atoms with van der Waals surface area (Å²) in [5.41, 5.74) is 0.684. The number of benzene rings is 1. The molecule has 1 aromatic heterocycles. The van der Waals surface area contributed by atoms with E-state index in [1.807, 2.05) is 29.2 Å². The van der Waals surface area contributed by atoms with Crippen molar-refractivity contribution in [3.63, 3.8) is 0 Å². The van der Waals surface area contributed by atoms with Gasteiger partial charge in [0.2, 0.25) is 0 Å². The second-order valence-corrected chi connectivity index (χ2v) is 5.59. The molecule has 6 heteroatoms. The molecular formula is C16H18N2O4. The number of carbonyl (C=O) groups excluding carboxylic acids is 1. The molecule has 0 aliphatic carbocycles. The highest BCUT2D eigenvalue weighted by molar-refractivity contribution is 5.96. The Bertz CT molecular complexity index is 661. The van der Waals surface area contributed by atoms with Gasteiger partial charge in [-0.3, -0.25) is 14.5 Å². The van der Waals surface area contributed by atoms with E-state index in [0.717, 1.165) is 24.8 Å². The number of aliphatic carboxylic acids is 1. The van der Waals surface area contributed by atoms with Gasteiger partial charge in [0.15, 0.2) is 5.76 Å². The highest BCUT2D eigenvalue weighted by Crippen LogP contribution is 2.19. The first-order valence-electron chi connectivity index (χ1n) is 7.35. The van der Waals surface area contributed by atoms with Crippen LogP contribution in [0, 0.1) is 0 Å². The Labute approximate surface area is 127 Å². The standard InChI is InChI=1S/C16H18N2O4/c19-15(20)10-18-7-3-5-12(9-18)17-16(21)14-8-11-4-1-2-6-13(11)22-14/h1-2,4,6,8,12H,3,5,7,9-10H2,(H,17,21)(H,19,20). The molecule has 1 aliphatic rings. The molecular weight excluding hydrogens is 284 g/mol. The molecule has 116 valence electrons. The van der Waals surface area contributed by atoms with Crippen molar-refractivity contribution in [3.8, 4) is 0 Å². The molecule has 1 saturated heterocycles. The predicted octanol–water partition coefficient (Wildman–Crippen LogP) is 1.71. The Morgan fingerprint density at radius 3 is 2.95 bits per heavy atom. The van der Waals surface area contributed by atoms with E-state index in [1.165, 1.54) is 0 Å². The number of rotatable bonds is 4. The van der Waals surface area contributed by atoms with Crippen molar-refractivity contribution in [2.45, 2.75) is 18.9 Å². The molecule has 0 radical (unpaired) electrons. The smallest absolute Gasteiger partial charge is 0.317 e. The number of para-hydroxylation sites is 1. The largest absolute Gasteiger partial charge is 0.480 e. The fourth-order valence-corrected chi connectivity index (χ4v) is 2.86. The fraction of sp³-hybridized carbons (Fsp3) is 0.375. The molecule has 1 atom stereocenters. The number of carbonyl (C=O) groups is 2. The van der Waals surface area contributed by atoms with Crippen LogP contribution < -0.4 is 5.32 Å². The van der Waals surface area contributed by atoms with Crippen molar-refractivity contribution >= 4 is 22.8 Å². The van der Waals surface area contributed by atoms with Crippen molar-refractivity contribution < 1.29 is 19.1 Å². The number of hydrogen-bond acceptors (Lipinski definition) is 4. The minimum atomic E-state index is -0.843. The highest BCUT2D eigenvalue weighted by atomic mass is 16.4. The van der Waals surface area contributed by atoms with Crippen LogP contribution in [0.25, 0.3) is 11.0 Å². The van der Waals surface area contributed by atoms with Gasteiger partial charge < -0.3 is 14.8 Å². The molecule has 2 N–H and O–H groups in total. The molecule has 1 aliphatic heterocycles. The zero-order chi connectivity index (χ0) is 15.5. The number of carboxylic acid groups (broad SMARTS) is 1. The summed E-state index contributed by atoms with van der Waals surface area (Å²) in [5, 5.41) is 12.7. The Hall–Kier alpha value is -2.34. The van der Waals surface area contributed by atoms with Crippen molar-refractivity contribution in [2.75, 3.05) is 19.6 Å². The molecule has 0 bridgehead atoms. The third-order valence-electron chi connectivity index (χ3n) is 3.85. The lowest BCUT2D eigenvalue weighted by atomic mass is 10.1. The molecule has 1 aromatic carbocycles. The third kappa shape index (κ3) is 3.28. The van der Waals surface area contributed by atoms with Crippen molar-refractivity contribution in [3.05, 3.63) is 36.1 Å². The summed E-state index contributed by atoms with van der Waals surface area (Å²) in [4.78, 5) is 24.9. The zero-order valence-corrected chi connectivity index (χ0v) is 12.1. The number of nitrogens with zero attached hydrogens (tertiary/aromatic N) is 1. The molecule has 2 heterocycles. The summed E-state index contributed by atoms with van der Waals surface area (Å²) >= 11 is 0. The Morgan fingerprint density at radius 1 is 1.36 bits per heavy atom. The summed E-state index contributed by atoms with van der Waals surface area (Å²) in [6, 6.07) is 9.14.